The second-order valence-corrected chi connectivity index (χ2v) is 9.29. The van der Waals surface area contributed by atoms with Crippen LogP contribution in [0.5, 0.6) is 0 Å². The van der Waals surface area contributed by atoms with Gasteiger partial charge in [0.2, 0.25) is 0 Å². The van der Waals surface area contributed by atoms with Gasteiger partial charge >= 0.3 is 0 Å². The molecule has 0 unspecified atom stereocenters. The average molecular weight is 490 g/mol. The number of hydrogen-bond acceptors (Lipinski definition) is 5. The molecule has 1 aliphatic rings. The van der Waals surface area contributed by atoms with E-state index >= 15 is 0 Å². The molecular weight excluding hydrogens is 473 g/mol. The van der Waals surface area contributed by atoms with Gasteiger partial charge in [0.25, 0.3) is 11.6 Å². The average Bonchev–Trinajstić information content (AvgIpc) is 3.32. The molecule has 1 aromatic heterocycles. The van der Waals surface area contributed by atoms with Crippen molar-refractivity contribution in [1.82, 2.24) is 4.57 Å². The van der Waals surface area contributed by atoms with Gasteiger partial charge in [0.05, 0.1) is 22.1 Å². The molecule has 0 saturated carbocycles. The Morgan fingerprint density at radius 1 is 1.03 bits per heavy atom. The van der Waals surface area contributed by atoms with Crippen LogP contribution in [0.15, 0.2) is 83.9 Å². The molecule has 1 fully saturated rings. The Kier molecular flexibility index (Phi) is 5.72. The Morgan fingerprint density at radius 2 is 1.74 bits per heavy atom. The molecule has 0 spiro atoms. The molecular formula is C25H16FN3O3S2. The molecule has 1 amide bonds. The van der Waals surface area contributed by atoms with Crippen molar-refractivity contribution in [3.8, 4) is 0 Å². The normalized spacial score (nSPS) is 15.0. The quantitative estimate of drug-likeness (QED) is 0.146. The minimum atomic E-state index is -0.495. The number of benzene rings is 3. The van der Waals surface area contributed by atoms with E-state index in [0.29, 0.717) is 27.0 Å². The van der Waals surface area contributed by atoms with Gasteiger partial charge in [-0.2, -0.15) is 0 Å². The number of para-hydroxylation sites is 1. The van der Waals surface area contributed by atoms with Crippen molar-refractivity contribution in [2.45, 2.75) is 6.54 Å². The second-order valence-electron chi connectivity index (χ2n) is 7.61. The number of nitrogens with zero attached hydrogens (tertiary/aromatic N) is 3. The summed E-state index contributed by atoms with van der Waals surface area (Å²) in [5, 5.41) is 11.9. The first-order valence-electron chi connectivity index (χ1n) is 10.3. The SMILES string of the molecule is O=C1/C(=C/c2cn(Cc3ccccc3F)c3ccccc23)SC(=S)N1c1ccc([N+](=O)[O-])cc1. The van der Waals surface area contributed by atoms with Gasteiger partial charge in [-0.3, -0.25) is 19.8 Å². The predicted octanol–water partition coefficient (Wildman–Crippen LogP) is 6.14. The van der Waals surface area contributed by atoms with E-state index < -0.39 is 4.92 Å². The van der Waals surface area contributed by atoms with Gasteiger partial charge in [0, 0.05) is 40.4 Å². The van der Waals surface area contributed by atoms with Crippen LogP contribution in [-0.4, -0.2) is 19.7 Å². The van der Waals surface area contributed by atoms with Gasteiger partial charge < -0.3 is 4.57 Å². The molecule has 34 heavy (non-hydrogen) atoms. The van der Waals surface area contributed by atoms with E-state index in [1.807, 2.05) is 35.0 Å². The highest BCUT2D eigenvalue weighted by Crippen LogP contribution is 2.37. The zero-order valence-electron chi connectivity index (χ0n) is 17.6. The van der Waals surface area contributed by atoms with Crippen LogP contribution >= 0.6 is 24.0 Å². The predicted molar refractivity (Wildman–Crippen MR) is 136 cm³/mol. The van der Waals surface area contributed by atoms with E-state index in [1.54, 1.807) is 24.3 Å². The van der Waals surface area contributed by atoms with E-state index in [4.69, 9.17) is 12.2 Å². The van der Waals surface area contributed by atoms with Crippen LogP contribution in [0.4, 0.5) is 15.8 Å². The van der Waals surface area contributed by atoms with Gasteiger partial charge in [-0.05, 0) is 30.3 Å². The number of fused-ring (bicyclic) bond motifs is 1. The summed E-state index contributed by atoms with van der Waals surface area (Å²) in [6.07, 6.45) is 3.68. The Hall–Kier alpha value is -3.82. The first-order chi connectivity index (χ1) is 16.4. The highest BCUT2D eigenvalue weighted by Gasteiger charge is 2.33. The fourth-order valence-electron chi connectivity index (χ4n) is 3.89. The summed E-state index contributed by atoms with van der Waals surface area (Å²) >= 11 is 6.60. The topological polar surface area (TPSA) is 68.4 Å². The maximum absolute atomic E-state index is 14.2. The van der Waals surface area contributed by atoms with Crippen LogP contribution in [0.2, 0.25) is 0 Å². The van der Waals surface area contributed by atoms with Gasteiger partial charge in [-0.25, -0.2) is 4.39 Å². The number of carbonyl (C=O) groups excluding carboxylic acids is 1. The van der Waals surface area contributed by atoms with Crippen molar-refractivity contribution in [2.24, 2.45) is 0 Å². The van der Waals surface area contributed by atoms with Gasteiger partial charge in [-0.1, -0.05) is 60.4 Å². The molecule has 5 rings (SSSR count). The number of rotatable bonds is 5. The van der Waals surface area contributed by atoms with Crippen LogP contribution in [0, 0.1) is 15.9 Å². The van der Waals surface area contributed by atoms with Crippen LogP contribution < -0.4 is 4.90 Å². The first-order valence-corrected chi connectivity index (χ1v) is 11.5. The molecule has 0 bridgehead atoms. The monoisotopic (exact) mass is 489 g/mol. The number of thiocarbonyl (C=S) groups is 1. The molecule has 0 N–H and O–H groups in total. The lowest BCUT2D eigenvalue weighted by Gasteiger charge is -2.13. The highest BCUT2D eigenvalue weighted by molar-refractivity contribution is 8.27. The molecule has 0 radical (unpaired) electrons. The number of thioether (sulfide) groups is 1. The number of amides is 1. The Bertz CT molecular complexity index is 1500. The van der Waals surface area contributed by atoms with E-state index in [1.165, 1.54) is 47.0 Å². The minimum absolute atomic E-state index is 0.0626. The molecule has 168 valence electrons. The van der Waals surface area contributed by atoms with Crippen molar-refractivity contribution in [1.29, 1.82) is 0 Å². The Labute approximate surface area is 203 Å². The lowest BCUT2D eigenvalue weighted by molar-refractivity contribution is -0.384. The molecule has 4 aromatic rings. The number of carbonyl (C=O) groups is 1. The van der Waals surface area contributed by atoms with Crippen LogP contribution in [0.3, 0.4) is 0 Å². The molecule has 3 aromatic carbocycles. The number of nitro groups is 1. The summed E-state index contributed by atoms with van der Waals surface area (Å²) in [6.45, 7) is 0.352. The zero-order valence-corrected chi connectivity index (χ0v) is 19.2. The van der Waals surface area contributed by atoms with Crippen molar-refractivity contribution in [3.63, 3.8) is 0 Å². The standard InChI is InChI=1S/C25H16FN3O3S2/c26-21-7-3-1-5-16(21)14-27-15-17(20-6-2-4-8-22(20)27)13-23-24(30)28(25(33)34-23)18-9-11-19(12-10-18)29(31)32/h1-13,15H,14H2/b23-13-. The molecule has 6 nitrogen and oxygen atoms in total. The van der Waals surface area contributed by atoms with Crippen molar-refractivity contribution >= 4 is 62.6 Å². The molecule has 1 saturated heterocycles. The minimum Gasteiger partial charge on any atom is -0.342 e. The van der Waals surface area contributed by atoms with Gasteiger partial charge in [-0.15, -0.1) is 0 Å². The number of anilines is 1. The van der Waals surface area contributed by atoms with E-state index in [-0.39, 0.29) is 17.4 Å². The van der Waals surface area contributed by atoms with Gasteiger partial charge in [0.15, 0.2) is 4.32 Å². The number of aromatic nitrogens is 1. The molecule has 0 atom stereocenters. The summed E-state index contributed by atoms with van der Waals surface area (Å²) in [4.78, 5) is 25.4. The lowest BCUT2D eigenvalue weighted by atomic mass is 10.1. The van der Waals surface area contributed by atoms with E-state index in [2.05, 4.69) is 0 Å². The Morgan fingerprint density at radius 3 is 2.47 bits per heavy atom. The zero-order chi connectivity index (χ0) is 23.8. The first kappa shape index (κ1) is 22.0. The molecule has 9 heteroatoms. The fourth-order valence-corrected chi connectivity index (χ4v) is 5.18. The maximum Gasteiger partial charge on any atom is 0.270 e. The second kappa shape index (κ2) is 8.85. The van der Waals surface area contributed by atoms with E-state index in [9.17, 15) is 19.3 Å². The number of halogens is 1. The fraction of sp³-hybridized carbons (Fsp3) is 0.0400. The van der Waals surface area contributed by atoms with Crippen molar-refractivity contribution in [3.05, 3.63) is 111 Å². The summed E-state index contributed by atoms with van der Waals surface area (Å²) in [5.74, 6) is -0.569. The summed E-state index contributed by atoms with van der Waals surface area (Å²) in [5.41, 5.74) is 2.71. The third kappa shape index (κ3) is 4.00. The number of nitro benzene ring substituents is 1. The molecule has 1 aliphatic heterocycles. The van der Waals surface area contributed by atoms with Crippen LogP contribution in [-0.2, 0) is 11.3 Å². The summed E-state index contributed by atoms with van der Waals surface area (Å²) in [6, 6.07) is 20.1. The number of non-ortho nitro benzene ring substituents is 1. The Balaban J connectivity index is 1.50. The molecule has 0 aliphatic carbocycles. The third-order valence-corrected chi connectivity index (χ3v) is 6.82. The largest absolute Gasteiger partial charge is 0.342 e. The smallest absolute Gasteiger partial charge is 0.270 e. The van der Waals surface area contributed by atoms with Crippen molar-refractivity contribution < 1.29 is 14.1 Å². The highest BCUT2D eigenvalue weighted by atomic mass is 32.2. The number of hydrogen-bond donors (Lipinski definition) is 0. The third-order valence-electron chi connectivity index (χ3n) is 5.52. The summed E-state index contributed by atoms with van der Waals surface area (Å²) in [7, 11) is 0. The summed E-state index contributed by atoms with van der Waals surface area (Å²) < 4.78 is 16.5. The molecule has 2 heterocycles. The maximum atomic E-state index is 14.2. The van der Waals surface area contributed by atoms with Crippen molar-refractivity contribution in [2.75, 3.05) is 4.90 Å². The van der Waals surface area contributed by atoms with Crippen LogP contribution in [0.25, 0.3) is 17.0 Å². The van der Waals surface area contributed by atoms with E-state index in [0.717, 1.165) is 16.5 Å². The van der Waals surface area contributed by atoms with Gasteiger partial charge in [0.1, 0.15) is 5.82 Å². The van der Waals surface area contributed by atoms with Crippen LogP contribution in [0.1, 0.15) is 11.1 Å². The lowest BCUT2D eigenvalue weighted by Crippen LogP contribution is -2.27.